The number of nitrogens with one attached hydrogen (secondary N) is 1. The van der Waals surface area contributed by atoms with Crippen LogP contribution in [0.1, 0.15) is 11.1 Å². The Labute approximate surface area is 173 Å². The van der Waals surface area contributed by atoms with Gasteiger partial charge in [0.2, 0.25) is 15.9 Å². The van der Waals surface area contributed by atoms with Gasteiger partial charge in [-0.2, -0.15) is 13.2 Å². The molecule has 162 valence electrons. The van der Waals surface area contributed by atoms with E-state index in [4.69, 9.17) is 0 Å². The molecule has 2 rings (SSSR count). The summed E-state index contributed by atoms with van der Waals surface area (Å²) in [7, 11) is 2.59. The number of nitrogens with zero attached hydrogens (tertiary/aromatic N) is 2. The Kier molecular flexibility index (Phi) is 6.94. The second-order valence-corrected chi connectivity index (χ2v) is 8.95. The zero-order valence-corrected chi connectivity index (χ0v) is 17.7. The highest BCUT2D eigenvalue weighted by atomic mass is 32.2. The molecule has 0 fully saturated rings. The summed E-state index contributed by atoms with van der Waals surface area (Å²) in [5.74, 6) is -0.558. The number of carbonyl (C=O) groups is 1. The summed E-state index contributed by atoms with van der Waals surface area (Å²) >= 11 is 0. The maximum atomic E-state index is 12.6. The first-order valence-electron chi connectivity index (χ1n) is 8.72. The van der Waals surface area contributed by atoms with Crippen LogP contribution in [0.2, 0.25) is 0 Å². The molecule has 6 nitrogen and oxygen atoms in total. The third kappa shape index (κ3) is 5.61. The van der Waals surface area contributed by atoms with Gasteiger partial charge in [-0.1, -0.05) is 12.1 Å². The van der Waals surface area contributed by atoms with Gasteiger partial charge in [0.15, 0.2) is 0 Å². The van der Waals surface area contributed by atoms with Crippen LogP contribution in [0.4, 0.5) is 24.5 Å². The van der Waals surface area contributed by atoms with Crippen molar-refractivity contribution in [2.45, 2.75) is 11.1 Å². The van der Waals surface area contributed by atoms with Crippen LogP contribution in [0, 0.1) is 0 Å². The van der Waals surface area contributed by atoms with E-state index in [0.717, 1.165) is 22.5 Å². The van der Waals surface area contributed by atoms with Crippen molar-refractivity contribution >= 4 is 33.4 Å². The van der Waals surface area contributed by atoms with Gasteiger partial charge in [0.25, 0.3) is 0 Å². The summed E-state index contributed by atoms with van der Waals surface area (Å²) in [6.45, 7) is 0. The zero-order valence-electron chi connectivity index (χ0n) is 16.9. The standard InChI is InChI=1S/C20H22F3N3O3S/c1-25(2)18-11-10-16(30(28,29)26(3)4)13-17(18)24-19(27)12-7-14-5-8-15(9-6-14)20(21,22)23/h5-13H,1-4H3,(H,24,27)/b12-7+. The maximum Gasteiger partial charge on any atom is 0.416 e. The van der Waals surface area contributed by atoms with Crippen molar-refractivity contribution in [3.8, 4) is 0 Å². The number of anilines is 2. The first-order chi connectivity index (χ1) is 13.8. The minimum atomic E-state index is -4.43. The van der Waals surface area contributed by atoms with Crippen molar-refractivity contribution in [1.29, 1.82) is 0 Å². The lowest BCUT2D eigenvalue weighted by molar-refractivity contribution is -0.137. The molecule has 0 unspecified atom stereocenters. The topological polar surface area (TPSA) is 69.7 Å². The molecule has 1 N–H and O–H groups in total. The van der Waals surface area contributed by atoms with Gasteiger partial charge in [-0.15, -0.1) is 0 Å². The predicted octanol–water partition coefficient (Wildman–Crippen LogP) is 3.67. The SMILES string of the molecule is CN(C)c1ccc(S(=O)(=O)N(C)C)cc1NC(=O)/C=C/c1ccc(C(F)(F)F)cc1. The second kappa shape index (κ2) is 8.88. The van der Waals surface area contributed by atoms with Gasteiger partial charge >= 0.3 is 6.18 Å². The molecule has 0 saturated heterocycles. The number of amides is 1. The van der Waals surface area contributed by atoms with Crippen LogP contribution in [0.5, 0.6) is 0 Å². The smallest absolute Gasteiger partial charge is 0.376 e. The van der Waals surface area contributed by atoms with Crippen molar-refractivity contribution in [3.63, 3.8) is 0 Å². The molecule has 0 radical (unpaired) electrons. The van der Waals surface area contributed by atoms with Crippen LogP contribution < -0.4 is 10.2 Å². The van der Waals surface area contributed by atoms with Crippen LogP contribution in [-0.2, 0) is 21.0 Å². The molecule has 0 aliphatic heterocycles. The maximum absolute atomic E-state index is 12.6. The summed E-state index contributed by atoms with van der Waals surface area (Å²) in [6, 6.07) is 8.73. The van der Waals surface area contributed by atoms with Crippen molar-refractivity contribution < 1.29 is 26.4 Å². The fraction of sp³-hybridized carbons (Fsp3) is 0.250. The number of alkyl halides is 3. The van der Waals surface area contributed by atoms with Crippen LogP contribution in [0.25, 0.3) is 6.08 Å². The molecule has 0 spiro atoms. The highest BCUT2D eigenvalue weighted by Crippen LogP contribution is 2.30. The van der Waals surface area contributed by atoms with E-state index in [0.29, 0.717) is 11.3 Å². The zero-order chi connectivity index (χ0) is 22.7. The molecule has 0 aliphatic rings. The summed E-state index contributed by atoms with van der Waals surface area (Å²) in [6.07, 6.45) is -1.90. The van der Waals surface area contributed by atoms with Crippen LogP contribution >= 0.6 is 0 Å². The van der Waals surface area contributed by atoms with Crippen LogP contribution in [0.15, 0.2) is 53.4 Å². The molecule has 2 aromatic carbocycles. The Morgan fingerprint density at radius 1 is 1.00 bits per heavy atom. The molecule has 0 atom stereocenters. The fourth-order valence-electron chi connectivity index (χ4n) is 2.51. The number of carbonyl (C=O) groups excluding carboxylic acids is 1. The molecule has 0 aromatic heterocycles. The Morgan fingerprint density at radius 2 is 1.60 bits per heavy atom. The van der Waals surface area contributed by atoms with Gasteiger partial charge in [0.1, 0.15) is 0 Å². The van der Waals surface area contributed by atoms with Crippen molar-refractivity contribution in [2.75, 3.05) is 38.4 Å². The molecule has 1 amide bonds. The summed E-state index contributed by atoms with van der Waals surface area (Å²) < 4.78 is 63.6. The molecular formula is C20H22F3N3O3S. The summed E-state index contributed by atoms with van der Waals surface area (Å²) in [5.41, 5.74) is 0.502. The minimum absolute atomic E-state index is 0.0140. The van der Waals surface area contributed by atoms with Crippen LogP contribution in [-0.4, -0.2) is 46.8 Å². The number of halogens is 3. The van der Waals surface area contributed by atoms with E-state index in [1.807, 2.05) is 0 Å². The lowest BCUT2D eigenvalue weighted by atomic mass is 10.1. The van der Waals surface area contributed by atoms with E-state index < -0.39 is 27.7 Å². The van der Waals surface area contributed by atoms with Crippen molar-refractivity contribution in [3.05, 3.63) is 59.7 Å². The average Bonchev–Trinajstić information content (AvgIpc) is 2.65. The van der Waals surface area contributed by atoms with Gasteiger partial charge in [-0.05, 0) is 42.0 Å². The third-order valence-corrected chi connectivity index (χ3v) is 5.96. The molecule has 0 saturated carbocycles. The molecule has 0 heterocycles. The van der Waals surface area contributed by atoms with E-state index in [2.05, 4.69) is 5.32 Å². The number of hydrogen-bond donors (Lipinski definition) is 1. The number of hydrogen-bond acceptors (Lipinski definition) is 4. The first kappa shape index (κ1) is 23.4. The monoisotopic (exact) mass is 441 g/mol. The average molecular weight is 441 g/mol. The summed E-state index contributed by atoms with van der Waals surface area (Å²) in [5, 5.41) is 2.62. The lowest BCUT2D eigenvalue weighted by Gasteiger charge is -2.19. The molecule has 10 heteroatoms. The molecule has 30 heavy (non-hydrogen) atoms. The van der Waals surface area contributed by atoms with Gasteiger partial charge in [-0.25, -0.2) is 12.7 Å². The first-order valence-corrected chi connectivity index (χ1v) is 10.2. The molecule has 0 aliphatic carbocycles. The van der Waals surface area contributed by atoms with Gasteiger partial charge < -0.3 is 10.2 Å². The Bertz CT molecular complexity index is 1050. The van der Waals surface area contributed by atoms with Gasteiger partial charge in [-0.3, -0.25) is 4.79 Å². The molecular weight excluding hydrogens is 419 g/mol. The van der Waals surface area contributed by atoms with E-state index in [1.165, 1.54) is 44.4 Å². The van der Waals surface area contributed by atoms with Crippen LogP contribution in [0.3, 0.4) is 0 Å². The Balaban J connectivity index is 2.25. The summed E-state index contributed by atoms with van der Waals surface area (Å²) in [4.78, 5) is 14.0. The van der Waals surface area contributed by atoms with E-state index >= 15 is 0 Å². The third-order valence-electron chi connectivity index (χ3n) is 4.15. The fourth-order valence-corrected chi connectivity index (χ4v) is 3.43. The number of rotatable bonds is 6. The largest absolute Gasteiger partial charge is 0.416 e. The number of benzene rings is 2. The minimum Gasteiger partial charge on any atom is -0.376 e. The highest BCUT2D eigenvalue weighted by molar-refractivity contribution is 7.89. The second-order valence-electron chi connectivity index (χ2n) is 6.80. The molecule has 2 aromatic rings. The Hall–Kier alpha value is -2.85. The normalized spacial score (nSPS) is 12.4. The van der Waals surface area contributed by atoms with E-state index in [9.17, 15) is 26.4 Å². The van der Waals surface area contributed by atoms with E-state index in [-0.39, 0.29) is 10.6 Å². The van der Waals surface area contributed by atoms with Crippen molar-refractivity contribution in [2.24, 2.45) is 0 Å². The predicted molar refractivity (Wildman–Crippen MR) is 111 cm³/mol. The quantitative estimate of drug-likeness (QED) is 0.695. The van der Waals surface area contributed by atoms with E-state index in [1.54, 1.807) is 25.1 Å². The number of sulfonamides is 1. The molecule has 0 bridgehead atoms. The van der Waals surface area contributed by atoms with Gasteiger partial charge in [0, 0.05) is 34.3 Å². The van der Waals surface area contributed by atoms with Crippen molar-refractivity contribution in [1.82, 2.24) is 4.31 Å². The Morgan fingerprint density at radius 3 is 2.10 bits per heavy atom. The highest BCUT2D eigenvalue weighted by Gasteiger charge is 2.29. The lowest BCUT2D eigenvalue weighted by Crippen LogP contribution is -2.23. The van der Waals surface area contributed by atoms with Gasteiger partial charge in [0.05, 0.1) is 21.8 Å².